The summed E-state index contributed by atoms with van der Waals surface area (Å²) < 4.78 is 5.30. The second kappa shape index (κ2) is 5.66. The van der Waals surface area contributed by atoms with Crippen molar-refractivity contribution in [3.63, 3.8) is 0 Å². The van der Waals surface area contributed by atoms with E-state index in [1.807, 2.05) is 0 Å². The molecule has 0 bridgehead atoms. The van der Waals surface area contributed by atoms with Gasteiger partial charge in [0.2, 0.25) is 0 Å². The number of nitrogens with zero attached hydrogens (tertiary/aromatic N) is 1. The Hall–Kier alpha value is -0.160. The van der Waals surface area contributed by atoms with Gasteiger partial charge < -0.3 is 10.1 Å². The summed E-state index contributed by atoms with van der Waals surface area (Å²) in [5, 5.41) is 5.73. The second-order valence-electron chi connectivity index (χ2n) is 4.17. The van der Waals surface area contributed by atoms with E-state index in [4.69, 9.17) is 4.74 Å². The van der Waals surface area contributed by atoms with Gasteiger partial charge in [-0.3, -0.25) is 5.43 Å². The number of hydrogen-bond donors (Lipinski definition) is 2. The van der Waals surface area contributed by atoms with Crippen molar-refractivity contribution in [1.29, 1.82) is 0 Å². The van der Waals surface area contributed by atoms with Crippen LogP contribution >= 0.6 is 0 Å². The van der Waals surface area contributed by atoms with E-state index in [-0.39, 0.29) is 0 Å². The quantitative estimate of drug-likeness (QED) is 0.661. The summed E-state index contributed by atoms with van der Waals surface area (Å²) in [7, 11) is 0. The molecule has 4 heteroatoms. The molecular weight excluding hydrogens is 178 g/mol. The zero-order chi connectivity index (χ0) is 9.64. The molecule has 2 heterocycles. The van der Waals surface area contributed by atoms with Crippen molar-refractivity contribution < 1.29 is 4.74 Å². The first kappa shape index (κ1) is 10.4. The van der Waals surface area contributed by atoms with Gasteiger partial charge in [0.1, 0.15) is 0 Å². The maximum absolute atomic E-state index is 5.30. The fourth-order valence-electron chi connectivity index (χ4n) is 2.08. The Balaban J connectivity index is 1.60. The van der Waals surface area contributed by atoms with Crippen LogP contribution in [0.1, 0.15) is 12.8 Å². The molecule has 0 aliphatic carbocycles. The fourth-order valence-corrected chi connectivity index (χ4v) is 2.08. The second-order valence-corrected chi connectivity index (χ2v) is 4.17. The van der Waals surface area contributed by atoms with Crippen molar-refractivity contribution in [2.75, 3.05) is 45.9 Å². The van der Waals surface area contributed by atoms with Gasteiger partial charge in [0.05, 0.1) is 13.2 Å². The molecule has 2 aliphatic heterocycles. The highest BCUT2D eigenvalue weighted by atomic mass is 16.5. The Morgan fingerprint density at radius 3 is 2.93 bits per heavy atom. The molecule has 2 fully saturated rings. The molecule has 4 nitrogen and oxygen atoms in total. The summed E-state index contributed by atoms with van der Waals surface area (Å²) >= 11 is 0. The van der Waals surface area contributed by atoms with Crippen molar-refractivity contribution in [2.45, 2.75) is 12.8 Å². The van der Waals surface area contributed by atoms with Crippen LogP contribution < -0.4 is 10.7 Å². The maximum Gasteiger partial charge on any atom is 0.0608 e. The van der Waals surface area contributed by atoms with Gasteiger partial charge in [-0.1, -0.05) is 0 Å². The summed E-state index contributed by atoms with van der Waals surface area (Å²) in [6, 6.07) is 0. The molecule has 0 aromatic carbocycles. The van der Waals surface area contributed by atoms with Crippen LogP contribution in [-0.4, -0.2) is 50.9 Å². The van der Waals surface area contributed by atoms with Crippen LogP contribution in [0.25, 0.3) is 0 Å². The van der Waals surface area contributed by atoms with Gasteiger partial charge in [-0.15, -0.1) is 0 Å². The van der Waals surface area contributed by atoms with Gasteiger partial charge in [-0.05, 0) is 31.8 Å². The highest BCUT2D eigenvalue weighted by Crippen LogP contribution is 2.08. The molecule has 14 heavy (non-hydrogen) atoms. The minimum absolute atomic E-state index is 0.812. The molecular formula is C10H21N3O. The van der Waals surface area contributed by atoms with Crippen molar-refractivity contribution in [3.05, 3.63) is 0 Å². The molecule has 0 spiro atoms. The fraction of sp³-hybridized carbons (Fsp3) is 1.00. The van der Waals surface area contributed by atoms with E-state index in [9.17, 15) is 0 Å². The standard InChI is InChI=1S/C10H21N3O/c1-2-10(8-11-3-1)9-12-13-4-6-14-7-5-13/h10-12H,1-9H2. The third-order valence-electron chi connectivity index (χ3n) is 3.01. The van der Waals surface area contributed by atoms with Crippen LogP contribution in [0, 0.1) is 5.92 Å². The normalized spacial score (nSPS) is 30.4. The number of hydrogen-bond acceptors (Lipinski definition) is 4. The minimum Gasteiger partial charge on any atom is -0.379 e. The van der Waals surface area contributed by atoms with Gasteiger partial charge in [0.25, 0.3) is 0 Å². The van der Waals surface area contributed by atoms with Crippen LogP contribution in [0.2, 0.25) is 0 Å². The van der Waals surface area contributed by atoms with E-state index in [0.717, 1.165) is 38.8 Å². The molecule has 1 atom stereocenters. The van der Waals surface area contributed by atoms with E-state index in [0.29, 0.717) is 0 Å². The molecule has 2 rings (SSSR count). The van der Waals surface area contributed by atoms with Crippen LogP contribution in [0.15, 0.2) is 0 Å². The zero-order valence-corrected chi connectivity index (χ0v) is 8.80. The first-order valence-electron chi connectivity index (χ1n) is 5.72. The van der Waals surface area contributed by atoms with E-state index in [1.165, 1.54) is 25.9 Å². The lowest BCUT2D eigenvalue weighted by atomic mass is 10.0. The summed E-state index contributed by atoms with van der Waals surface area (Å²) in [6.07, 6.45) is 2.69. The van der Waals surface area contributed by atoms with E-state index < -0.39 is 0 Å². The number of ether oxygens (including phenoxy) is 1. The Bertz CT molecular complexity index is 135. The third kappa shape index (κ3) is 3.20. The van der Waals surface area contributed by atoms with Crippen molar-refractivity contribution in [2.24, 2.45) is 5.92 Å². The predicted octanol–water partition coefficient (Wildman–Crippen LogP) is -0.177. The number of piperidine rings is 1. The predicted molar refractivity (Wildman–Crippen MR) is 56.0 cm³/mol. The molecule has 2 aliphatic rings. The zero-order valence-electron chi connectivity index (χ0n) is 8.80. The maximum atomic E-state index is 5.30. The lowest BCUT2D eigenvalue weighted by Gasteiger charge is -2.30. The third-order valence-corrected chi connectivity index (χ3v) is 3.01. The highest BCUT2D eigenvalue weighted by Gasteiger charge is 2.15. The summed E-state index contributed by atoms with van der Waals surface area (Å²) in [5.41, 5.74) is 3.50. The number of rotatable bonds is 3. The Morgan fingerprint density at radius 2 is 2.21 bits per heavy atom. The van der Waals surface area contributed by atoms with Gasteiger partial charge >= 0.3 is 0 Å². The molecule has 1 unspecified atom stereocenters. The lowest BCUT2D eigenvalue weighted by Crippen LogP contribution is -2.48. The summed E-state index contributed by atoms with van der Waals surface area (Å²) in [5.74, 6) is 0.812. The van der Waals surface area contributed by atoms with Gasteiger partial charge in [0.15, 0.2) is 0 Å². The molecule has 0 radical (unpaired) electrons. The number of morpholine rings is 1. The molecule has 0 aromatic heterocycles. The molecule has 2 saturated heterocycles. The molecule has 0 saturated carbocycles. The average molecular weight is 199 g/mol. The van der Waals surface area contributed by atoms with Crippen LogP contribution in [0.5, 0.6) is 0 Å². The first-order valence-corrected chi connectivity index (χ1v) is 5.72. The molecule has 0 aromatic rings. The number of nitrogens with one attached hydrogen (secondary N) is 2. The molecule has 2 N–H and O–H groups in total. The topological polar surface area (TPSA) is 36.5 Å². The van der Waals surface area contributed by atoms with Crippen LogP contribution in [0.3, 0.4) is 0 Å². The molecule has 82 valence electrons. The van der Waals surface area contributed by atoms with Gasteiger partial charge in [-0.2, -0.15) is 0 Å². The van der Waals surface area contributed by atoms with Crippen molar-refractivity contribution in [3.8, 4) is 0 Å². The average Bonchev–Trinajstić information content (AvgIpc) is 2.29. The van der Waals surface area contributed by atoms with E-state index in [2.05, 4.69) is 15.8 Å². The van der Waals surface area contributed by atoms with Crippen molar-refractivity contribution in [1.82, 2.24) is 15.8 Å². The van der Waals surface area contributed by atoms with Crippen molar-refractivity contribution >= 4 is 0 Å². The largest absolute Gasteiger partial charge is 0.379 e. The summed E-state index contributed by atoms with van der Waals surface area (Å²) in [4.78, 5) is 0. The van der Waals surface area contributed by atoms with Crippen LogP contribution in [0.4, 0.5) is 0 Å². The van der Waals surface area contributed by atoms with E-state index in [1.54, 1.807) is 0 Å². The molecule has 0 amide bonds. The first-order chi connectivity index (χ1) is 6.95. The lowest BCUT2D eigenvalue weighted by molar-refractivity contribution is 0.00870. The SMILES string of the molecule is C1CNCC(CNN2CCOCC2)C1. The van der Waals surface area contributed by atoms with Gasteiger partial charge in [-0.25, -0.2) is 5.01 Å². The highest BCUT2D eigenvalue weighted by molar-refractivity contribution is 4.71. The number of hydrazine groups is 1. The Labute approximate surface area is 86.0 Å². The van der Waals surface area contributed by atoms with Gasteiger partial charge in [0, 0.05) is 19.6 Å². The van der Waals surface area contributed by atoms with E-state index >= 15 is 0 Å². The Kier molecular flexibility index (Phi) is 4.19. The summed E-state index contributed by atoms with van der Waals surface area (Å²) in [6.45, 7) is 7.30. The minimum atomic E-state index is 0.812. The Morgan fingerprint density at radius 1 is 1.36 bits per heavy atom. The smallest absolute Gasteiger partial charge is 0.0608 e. The van der Waals surface area contributed by atoms with Crippen LogP contribution in [-0.2, 0) is 4.74 Å². The monoisotopic (exact) mass is 199 g/mol.